The highest BCUT2D eigenvalue weighted by Crippen LogP contribution is 2.37. The van der Waals surface area contributed by atoms with Crippen LogP contribution in [0.3, 0.4) is 0 Å². The average molecular weight is 273 g/mol. The van der Waals surface area contributed by atoms with Gasteiger partial charge in [-0.3, -0.25) is 0 Å². The van der Waals surface area contributed by atoms with Crippen LogP contribution in [-0.2, 0) is 0 Å². The van der Waals surface area contributed by atoms with Crippen LogP contribution in [0, 0.1) is 0 Å². The summed E-state index contributed by atoms with van der Waals surface area (Å²) in [5.74, 6) is 0.582. The average Bonchev–Trinajstić information content (AvgIpc) is 2.27. The first kappa shape index (κ1) is 13.2. The quantitative estimate of drug-likeness (QED) is 0.828. The summed E-state index contributed by atoms with van der Waals surface area (Å²) in [6.07, 6.45) is -2.77. The summed E-state index contributed by atoms with van der Waals surface area (Å²) in [6, 6.07) is 8.67. The molecule has 18 heavy (non-hydrogen) atoms. The van der Waals surface area contributed by atoms with Crippen molar-refractivity contribution in [2.24, 2.45) is 0 Å². The fourth-order valence-corrected chi connectivity index (χ4v) is 2.13. The summed E-state index contributed by atoms with van der Waals surface area (Å²) in [4.78, 5) is 0. The van der Waals surface area contributed by atoms with Crippen molar-refractivity contribution >= 4 is 17.4 Å². The van der Waals surface area contributed by atoms with Crippen LogP contribution in [0.1, 0.15) is 12.8 Å². The topological polar surface area (TPSA) is 41.5 Å². The van der Waals surface area contributed by atoms with Gasteiger partial charge in [0.15, 0.2) is 0 Å². The van der Waals surface area contributed by atoms with Crippen LogP contribution < -0.4 is 10.1 Å². The molecule has 1 aliphatic rings. The number of rotatable bonds is 3. The van der Waals surface area contributed by atoms with Crippen molar-refractivity contribution in [2.75, 3.05) is 0 Å². The first-order valence-electron chi connectivity index (χ1n) is 5.53. The third-order valence-electron chi connectivity index (χ3n) is 2.88. The summed E-state index contributed by atoms with van der Waals surface area (Å²) < 4.78 is 30.1. The van der Waals surface area contributed by atoms with Gasteiger partial charge in [-0.2, -0.15) is 0 Å². The molecule has 1 aliphatic carbocycles. The molecule has 0 atom stereocenters. The first-order chi connectivity index (χ1) is 8.49. The molecular formula is C12H13F2NO2S. The van der Waals surface area contributed by atoms with E-state index in [1.165, 1.54) is 0 Å². The molecule has 0 unspecified atom stereocenters. The van der Waals surface area contributed by atoms with Gasteiger partial charge >= 0.3 is 0 Å². The predicted octanol–water partition coefficient (Wildman–Crippen LogP) is 2.10. The maximum absolute atomic E-state index is 12.4. The Morgan fingerprint density at radius 3 is 2.56 bits per heavy atom. The van der Waals surface area contributed by atoms with E-state index in [4.69, 9.17) is 17.0 Å². The van der Waals surface area contributed by atoms with E-state index in [1.807, 2.05) is 6.07 Å². The van der Waals surface area contributed by atoms with E-state index >= 15 is 0 Å². The van der Waals surface area contributed by atoms with Crippen LogP contribution in [0.15, 0.2) is 30.3 Å². The molecule has 2 rings (SSSR count). The number of aliphatic hydroxyl groups is 1. The van der Waals surface area contributed by atoms with E-state index in [2.05, 4.69) is 5.32 Å². The second kappa shape index (κ2) is 5.16. The molecule has 0 aliphatic heterocycles. The van der Waals surface area contributed by atoms with Crippen molar-refractivity contribution in [2.45, 2.75) is 30.9 Å². The lowest BCUT2D eigenvalue weighted by Crippen LogP contribution is -2.59. The summed E-state index contributed by atoms with van der Waals surface area (Å²) in [5, 5.41) is 12.3. The van der Waals surface area contributed by atoms with Gasteiger partial charge in [-0.15, -0.1) is 0 Å². The van der Waals surface area contributed by atoms with E-state index in [1.54, 1.807) is 24.3 Å². The molecule has 0 heterocycles. The second-order valence-electron chi connectivity index (χ2n) is 4.36. The summed E-state index contributed by atoms with van der Waals surface area (Å²) in [6.45, 7) is 0. The molecule has 1 aromatic carbocycles. The lowest BCUT2D eigenvalue weighted by Gasteiger charge is -2.43. The van der Waals surface area contributed by atoms with Gasteiger partial charge in [-0.25, -0.2) is 8.78 Å². The number of thiocarbonyl (C=S) groups is 1. The molecule has 0 radical (unpaired) electrons. The van der Waals surface area contributed by atoms with E-state index in [-0.39, 0.29) is 24.1 Å². The Bertz CT molecular complexity index is 421. The number of hydrogen-bond donors (Lipinski definition) is 2. The van der Waals surface area contributed by atoms with Crippen LogP contribution in [0.4, 0.5) is 8.78 Å². The molecule has 98 valence electrons. The van der Waals surface area contributed by atoms with Crippen LogP contribution in [0.2, 0.25) is 0 Å². The van der Waals surface area contributed by atoms with Gasteiger partial charge in [0.25, 0.3) is 11.6 Å². The summed E-state index contributed by atoms with van der Waals surface area (Å²) >= 11 is 4.95. The molecule has 3 nitrogen and oxygen atoms in total. The Hall–Kier alpha value is -1.27. The van der Waals surface area contributed by atoms with Gasteiger partial charge in [-0.05, 0) is 24.4 Å². The van der Waals surface area contributed by atoms with Crippen molar-refractivity contribution in [3.05, 3.63) is 30.3 Å². The van der Waals surface area contributed by atoms with Crippen LogP contribution in [0.25, 0.3) is 0 Å². The Kier molecular flexibility index (Phi) is 3.77. The van der Waals surface area contributed by atoms with Gasteiger partial charge in [0.05, 0.1) is 0 Å². The third-order valence-corrected chi connectivity index (χ3v) is 3.08. The molecule has 6 heteroatoms. The van der Waals surface area contributed by atoms with E-state index < -0.39 is 12.0 Å². The lowest BCUT2D eigenvalue weighted by molar-refractivity contribution is -0.153. The molecule has 0 amide bonds. The molecule has 0 spiro atoms. The predicted molar refractivity (Wildman–Crippen MR) is 66.8 cm³/mol. The van der Waals surface area contributed by atoms with Crippen LogP contribution in [0.5, 0.6) is 5.75 Å². The molecule has 0 saturated heterocycles. The molecule has 0 bridgehead atoms. The molecule has 1 aromatic rings. The minimum absolute atomic E-state index is 0.0248. The van der Waals surface area contributed by atoms with Gasteiger partial charge in [0.2, 0.25) is 0 Å². The minimum Gasteiger partial charge on any atom is -0.432 e. The van der Waals surface area contributed by atoms with Crippen molar-refractivity contribution in [3.63, 3.8) is 0 Å². The zero-order valence-corrected chi connectivity index (χ0v) is 10.3. The van der Waals surface area contributed by atoms with Crippen molar-refractivity contribution in [3.8, 4) is 5.75 Å². The highest BCUT2D eigenvalue weighted by atomic mass is 32.1. The smallest absolute Gasteiger partial charge is 0.266 e. The normalized spacial score (nSPS) is 26.6. The van der Waals surface area contributed by atoms with Crippen LogP contribution in [-0.4, -0.2) is 28.3 Å². The Labute approximate surface area is 109 Å². The Balaban J connectivity index is 1.77. The SMILES string of the molecule is OC1(C(F)F)CC(NC(=S)Oc2ccccc2)C1. The number of alkyl halides is 2. The Morgan fingerprint density at radius 2 is 2.00 bits per heavy atom. The summed E-state index contributed by atoms with van der Waals surface area (Å²) in [7, 11) is 0. The van der Waals surface area contributed by atoms with Gasteiger partial charge < -0.3 is 15.2 Å². The molecule has 1 fully saturated rings. The van der Waals surface area contributed by atoms with E-state index in [9.17, 15) is 13.9 Å². The van der Waals surface area contributed by atoms with Crippen molar-refractivity contribution < 1.29 is 18.6 Å². The standard InChI is InChI=1S/C12H13F2NO2S/c13-10(14)12(16)6-8(7-12)15-11(18)17-9-4-2-1-3-5-9/h1-5,8,10,16H,6-7H2,(H,15,18). The van der Waals surface area contributed by atoms with Gasteiger partial charge in [0, 0.05) is 18.9 Å². The Morgan fingerprint density at radius 1 is 1.39 bits per heavy atom. The molecule has 2 N–H and O–H groups in total. The molecule has 0 aromatic heterocycles. The number of hydrogen-bond acceptors (Lipinski definition) is 3. The largest absolute Gasteiger partial charge is 0.432 e. The number of ether oxygens (including phenoxy) is 1. The first-order valence-corrected chi connectivity index (χ1v) is 5.94. The number of benzene rings is 1. The fraction of sp³-hybridized carbons (Fsp3) is 0.417. The fourth-order valence-electron chi connectivity index (χ4n) is 1.87. The molecular weight excluding hydrogens is 260 g/mol. The molecule has 1 saturated carbocycles. The van der Waals surface area contributed by atoms with Crippen molar-refractivity contribution in [1.29, 1.82) is 0 Å². The highest BCUT2D eigenvalue weighted by Gasteiger charge is 2.50. The highest BCUT2D eigenvalue weighted by molar-refractivity contribution is 7.80. The maximum Gasteiger partial charge on any atom is 0.266 e. The zero-order chi connectivity index (χ0) is 13.2. The lowest BCUT2D eigenvalue weighted by atomic mass is 9.76. The number of halogens is 2. The number of para-hydroxylation sites is 1. The van der Waals surface area contributed by atoms with Crippen LogP contribution >= 0.6 is 12.2 Å². The summed E-state index contributed by atoms with van der Waals surface area (Å²) in [5.41, 5.74) is -1.87. The maximum atomic E-state index is 12.4. The monoisotopic (exact) mass is 273 g/mol. The number of nitrogens with one attached hydrogen (secondary N) is 1. The van der Waals surface area contributed by atoms with E-state index in [0.29, 0.717) is 5.75 Å². The second-order valence-corrected chi connectivity index (χ2v) is 4.73. The zero-order valence-electron chi connectivity index (χ0n) is 9.48. The van der Waals surface area contributed by atoms with Crippen molar-refractivity contribution in [1.82, 2.24) is 5.32 Å². The van der Waals surface area contributed by atoms with E-state index in [0.717, 1.165) is 0 Å². The minimum atomic E-state index is -2.72. The van der Waals surface area contributed by atoms with Gasteiger partial charge in [0.1, 0.15) is 11.4 Å². The third kappa shape index (κ3) is 2.94. The van der Waals surface area contributed by atoms with Gasteiger partial charge in [-0.1, -0.05) is 18.2 Å².